The number of rotatable bonds is 34. The first kappa shape index (κ1) is 37.9. The minimum Gasteiger partial charge on any atom is -0.391 e. The van der Waals surface area contributed by atoms with Crippen LogP contribution < -0.4 is 0 Å². The Kier molecular flexibility index (Phi) is 34.9. The third-order valence-electron chi connectivity index (χ3n) is 8.34. The number of unbranched alkanes of at least 4 members (excludes halogenated alkanes) is 28. The van der Waals surface area contributed by atoms with E-state index < -0.39 is 0 Å². The molecule has 0 aromatic heterocycles. The lowest BCUT2D eigenvalue weighted by Crippen LogP contribution is -2.15. The topological polar surface area (TPSA) is 29.5 Å². The van der Waals surface area contributed by atoms with Crippen LogP contribution in [0.2, 0.25) is 0 Å². The molecule has 0 spiro atoms. The van der Waals surface area contributed by atoms with E-state index in [-0.39, 0.29) is 6.10 Å². The molecular formula is C36H74O2. The summed E-state index contributed by atoms with van der Waals surface area (Å²) in [6, 6.07) is 0. The minimum absolute atomic E-state index is 0.256. The molecule has 1 unspecified atom stereocenters. The highest BCUT2D eigenvalue weighted by Gasteiger charge is 2.04. The van der Waals surface area contributed by atoms with E-state index in [1.54, 1.807) is 0 Å². The first-order chi connectivity index (χ1) is 18.8. The number of hydrogen-bond donors (Lipinski definition) is 1. The molecule has 0 aliphatic rings. The molecule has 1 N–H and O–H groups in total. The summed E-state index contributed by atoms with van der Waals surface area (Å²) < 4.78 is 5.73. The summed E-state index contributed by atoms with van der Waals surface area (Å²) in [4.78, 5) is 0. The minimum atomic E-state index is -0.256. The number of aliphatic hydroxyl groups excluding tert-OH is 1. The SMILES string of the molecule is CCCCCCCCCCCCCCCCCCOCC(O)CCCCCCCCCCCCCCCC. The zero-order chi connectivity index (χ0) is 27.6. The van der Waals surface area contributed by atoms with Crippen molar-refractivity contribution in [2.45, 2.75) is 219 Å². The van der Waals surface area contributed by atoms with Crippen LogP contribution in [0.15, 0.2) is 0 Å². The van der Waals surface area contributed by atoms with Gasteiger partial charge in [-0.3, -0.25) is 0 Å². The van der Waals surface area contributed by atoms with Gasteiger partial charge in [0.05, 0.1) is 12.7 Å². The van der Waals surface area contributed by atoms with Crippen LogP contribution >= 0.6 is 0 Å². The second kappa shape index (κ2) is 34.9. The van der Waals surface area contributed by atoms with Gasteiger partial charge in [0.25, 0.3) is 0 Å². The normalized spacial score (nSPS) is 12.4. The Balaban J connectivity index is 3.13. The maximum Gasteiger partial charge on any atom is 0.0773 e. The molecule has 0 aromatic rings. The molecule has 2 heteroatoms. The molecule has 0 saturated carbocycles. The van der Waals surface area contributed by atoms with E-state index in [2.05, 4.69) is 13.8 Å². The molecule has 38 heavy (non-hydrogen) atoms. The highest BCUT2D eigenvalue weighted by molar-refractivity contribution is 4.56. The van der Waals surface area contributed by atoms with Gasteiger partial charge in [-0.15, -0.1) is 0 Å². The van der Waals surface area contributed by atoms with Crippen LogP contribution in [0, 0.1) is 0 Å². The van der Waals surface area contributed by atoms with Crippen molar-refractivity contribution in [2.75, 3.05) is 13.2 Å². The molecule has 2 nitrogen and oxygen atoms in total. The molecule has 230 valence electrons. The molecule has 1 atom stereocenters. The van der Waals surface area contributed by atoms with Gasteiger partial charge >= 0.3 is 0 Å². The van der Waals surface area contributed by atoms with Crippen molar-refractivity contribution < 1.29 is 9.84 Å². The van der Waals surface area contributed by atoms with Crippen molar-refractivity contribution >= 4 is 0 Å². The van der Waals surface area contributed by atoms with Crippen LogP contribution in [0.5, 0.6) is 0 Å². The summed E-state index contributed by atoms with van der Waals surface area (Å²) in [7, 11) is 0. The van der Waals surface area contributed by atoms with Gasteiger partial charge in [0, 0.05) is 6.61 Å². The summed E-state index contributed by atoms with van der Waals surface area (Å²) >= 11 is 0. The van der Waals surface area contributed by atoms with Crippen molar-refractivity contribution in [3.63, 3.8) is 0 Å². The molecule has 0 bridgehead atoms. The molecule has 0 amide bonds. The maximum absolute atomic E-state index is 10.2. The molecule has 0 aliphatic carbocycles. The van der Waals surface area contributed by atoms with Gasteiger partial charge in [0.2, 0.25) is 0 Å². The lowest BCUT2D eigenvalue weighted by Gasteiger charge is -2.11. The molecule has 0 radical (unpaired) electrons. The second-order valence-electron chi connectivity index (χ2n) is 12.4. The third-order valence-corrected chi connectivity index (χ3v) is 8.34. The standard InChI is InChI=1S/C36H74O2/c1-3-5-7-9-11-13-15-17-19-20-22-24-26-28-30-32-34-38-35-36(37)33-31-29-27-25-23-21-18-16-14-12-10-8-6-4-2/h36-37H,3-35H2,1-2H3. The van der Waals surface area contributed by atoms with Gasteiger partial charge in [-0.2, -0.15) is 0 Å². The van der Waals surface area contributed by atoms with Crippen LogP contribution in [-0.2, 0) is 4.74 Å². The average molecular weight is 539 g/mol. The van der Waals surface area contributed by atoms with Crippen LogP contribution in [0.25, 0.3) is 0 Å². The number of ether oxygens (including phenoxy) is 1. The Hall–Kier alpha value is -0.0800. The smallest absolute Gasteiger partial charge is 0.0773 e. The summed E-state index contributed by atoms with van der Waals surface area (Å²) in [6.07, 6.45) is 42.5. The first-order valence-electron chi connectivity index (χ1n) is 18.1. The quantitative estimate of drug-likeness (QED) is 0.0825. The molecule has 0 rings (SSSR count). The van der Waals surface area contributed by atoms with E-state index in [1.165, 1.54) is 180 Å². The van der Waals surface area contributed by atoms with E-state index in [4.69, 9.17) is 4.74 Å². The Bertz CT molecular complexity index is 397. The molecule has 0 fully saturated rings. The van der Waals surface area contributed by atoms with Crippen molar-refractivity contribution in [1.82, 2.24) is 0 Å². The van der Waals surface area contributed by atoms with Crippen molar-refractivity contribution in [3.05, 3.63) is 0 Å². The Morgan fingerprint density at radius 2 is 0.632 bits per heavy atom. The Morgan fingerprint density at radius 3 is 0.947 bits per heavy atom. The molecule has 0 aromatic carbocycles. The van der Waals surface area contributed by atoms with Gasteiger partial charge < -0.3 is 9.84 Å². The highest BCUT2D eigenvalue weighted by atomic mass is 16.5. The predicted octanol–water partition coefficient (Wildman–Crippen LogP) is 12.5. The fourth-order valence-corrected chi connectivity index (χ4v) is 5.63. The van der Waals surface area contributed by atoms with E-state index in [9.17, 15) is 5.11 Å². The zero-order valence-corrected chi connectivity index (χ0v) is 26.8. The molecular weight excluding hydrogens is 464 g/mol. The maximum atomic E-state index is 10.2. The largest absolute Gasteiger partial charge is 0.391 e. The van der Waals surface area contributed by atoms with Gasteiger partial charge in [-0.25, -0.2) is 0 Å². The average Bonchev–Trinajstić information content (AvgIpc) is 2.92. The van der Waals surface area contributed by atoms with E-state index in [1.807, 2.05) is 0 Å². The van der Waals surface area contributed by atoms with Crippen LogP contribution in [0.3, 0.4) is 0 Å². The van der Waals surface area contributed by atoms with Crippen LogP contribution in [0.4, 0.5) is 0 Å². The zero-order valence-electron chi connectivity index (χ0n) is 26.8. The van der Waals surface area contributed by atoms with Gasteiger partial charge in [-0.1, -0.05) is 200 Å². The first-order valence-corrected chi connectivity index (χ1v) is 18.1. The Morgan fingerprint density at radius 1 is 0.368 bits per heavy atom. The molecule has 0 saturated heterocycles. The van der Waals surface area contributed by atoms with Gasteiger partial charge in [-0.05, 0) is 12.8 Å². The Labute approximate surface area is 241 Å². The summed E-state index contributed by atoms with van der Waals surface area (Å²) in [5.41, 5.74) is 0. The summed E-state index contributed by atoms with van der Waals surface area (Å²) in [5, 5.41) is 10.2. The monoisotopic (exact) mass is 539 g/mol. The number of hydrogen-bond acceptors (Lipinski definition) is 2. The van der Waals surface area contributed by atoms with Crippen LogP contribution in [0.1, 0.15) is 213 Å². The van der Waals surface area contributed by atoms with Crippen LogP contribution in [-0.4, -0.2) is 24.4 Å². The summed E-state index contributed by atoms with van der Waals surface area (Å²) in [5.74, 6) is 0. The summed E-state index contributed by atoms with van der Waals surface area (Å²) in [6.45, 7) is 5.95. The predicted molar refractivity (Wildman–Crippen MR) is 171 cm³/mol. The van der Waals surface area contributed by atoms with E-state index in [0.29, 0.717) is 6.61 Å². The third kappa shape index (κ3) is 33.9. The van der Waals surface area contributed by atoms with E-state index >= 15 is 0 Å². The number of aliphatic hydroxyl groups is 1. The van der Waals surface area contributed by atoms with Gasteiger partial charge in [0.15, 0.2) is 0 Å². The van der Waals surface area contributed by atoms with Crippen molar-refractivity contribution in [3.8, 4) is 0 Å². The molecule has 0 heterocycles. The lowest BCUT2D eigenvalue weighted by molar-refractivity contribution is 0.0297. The van der Waals surface area contributed by atoms with Crippen molar-refractivity contribution in [1.29, 1.82) is 0 Å². The lowest BCUT2D eigenvalue weighted by atomic mass is 10.0. The second-order valence-corrected chi connectivity index (χ2v) is 12.4. The van der Waals surface area contributed by atoms with Gasteiger partial charge in [0.1, 0.15) is 0 Å². The molecule has 0 aliphatic heterocycles. The highest BCUT2D eigenvalue weighted by Crippen LogP contribution is 2.15. The fraction of sp³-hybridized carbons (Fsp3) is 1.00. The van der Waals surface area contributed by atoms with E-state index in [0.717, 1.165) is 25.9 Å². The fourth-order valence-electron chi connectivity index (χ4n) is 5.63. The van der Waals surface area contributed by atoms with Crippen molar-refractivity contribution in [2.24, 2.45) is 0 Å².